The van der Waals surface area contributed by atoms with Crippen LogP contribution in [0.4, 0.5) is 5.69 Å². The summed E-state index contributed by atoms with van der Waals surface area (Å²) in [7, 11) is -3.17. The summed E-state index contributed by atoms with van der Waals surface area (Å²) < 4.78 is 24.3. The highest BCUT2D eigenvalue weighted by Crippen LogP contribution is 2.13. The van der Waals surface area contributed by atoms with Crippen molar-refractivity contribution in [1.29, 1.82) is 0 Å². The summed E-state index contributed by atoms with van der Waals surface area (Å²) >= 11 is 0. The van der Waals surface area contributed by atoms with Crippen LogP contribution in [0.1, 0.15) is 23.8 Å². The lowest BCUT2D eigenvalue weighted by Gasteiger charge is -2.11. The van der Waals surface area contributed by atoms with E-state index in [1.165, 1.54) is 6.08 Å². The predicted octanol–water partition coefficient (Wildman–Crippen LogP) is 0.521. The van der Waals surface area contributed by atoms with Gasteiger partial charge in [0.1, 0.15) is 5.69 Å². The Labute approximate surface area is 112 Å². The molecular weight excluding hydrogens is 266 g/mol. The number of carbonyl (C=O) groups is 1. The first-order valence-corrected chi connectivity index (χ1v) is 7.80. The molecule has 0 aromatic carbocycles. The van der Waals surface area contributed by atoms with Crippen LogP contribution in [0.3, 0.4) is 0 Å². The largest absolute Gasteiger partial charge is 0.397 e. The number of nitrogens with two attached hydrogens (primary N) is 1. The summed E-state index contributed by atoms with van der Waals surface area (Å²) in [6.07, 6.45) is 4.08. The molecule has 3 N–H and O–H groups in total. The molecule has 0 bridgehead atoms. The van der Waals surface area contributed by atoms with Crippen LogP contribution in [0.5, 0.6) is 0 Å². The van der Waals surface area contributed by atoms with Crippen molar-refractivity contribution in [2.45, 2.75) is 25.9 Å². The molecule has 7 heteroatoms. The van der Waals surface area contributed by atoms with Crippen molar-refractivity contribution >= 4 is 21.4 Å². The number of aromatic nitrogens is 1. The molecule has 6 nitrogen and oxygen atoms in total. The van der Waals surface area contributed by atoms with E-state index >= 15 is 0 Å². The summed E-state index contributed by atoms with van der Waals surface area (Å²) in [6.45, 7) is 2.70. The van der Waals surface area contributed by atoms with Crippen LogP contribution in [0, 0.1) is 0 Å². The number of hydrogen-bond donors (Lipinski definition) is 2. The Kier molecular flexibility index (Phi) is 3.66. The van der Waals surface area contributed by atoms with Crippen molar-refractivity contribution in [3.63, 3.8) is 0 Å². The van der Waals surface area contributed by atoms with Crippen molar-refractivity contribution in [1.82, 2.24) is 9.88 Å². The van der Waals surface area contributed by atoms with E-state index in [9.17, 15) is 13.2 Å². The number of sulfone groups is 1. The van der Waals surface area contributed by atoms with Crippen LogP contribution in [0.2, 0.25) is 0 Å². The lowest BCUT2D eigenvalue weighted by atomic mass is 10.3. The van der Waals surface area contributed by atoms with Gasteiger partial charge in [-0.1, -0.05) is 6.92 Å². The maximum absolute atomic E-state index is 12.1. The lowest BCUT2D eigenvalue weighted by Crippen LogP contribution is -2.36. The molecule has 0 radical (unpaired) electrons. The normalized spacial score (nSPS) is 20.6. The monoisotopic (exact) mass is 283 g/mol. The van der Waals surface area contributed by atoms with Crippen molar-refractivity contribution in [2.75, 3.05) is 11.5 Å². The summed E-state index contributed by atoms with van der Waals surface area (Å²) in [5.41, 5.74) is 6.67. The van der Waals surface area contributed by atoms with E-state index in [4.69, 9.17) is 5.73 Å². The van der Waals surface area contributed by atoms with Gasteiger partial charge in [-0.3, -0.25) is 4.79 Å². The van der Waals surface area contributed by atoms with Crippen molar-refractivity contribution < 1.29 is 13.2 Å². The average Bonchev–Trinajstić information content (AvgIpc) is 2.82. The van der Waals surface area contributed by atoms with E-state index in [0.717, 1.165) is 11.8 Å². The zero-order valence-electron chi connectivity index (χ0n) is 10.7. The summed E-state index contributed by atoms with van der Waals surface area (Å²) in [4.78, 5) is 12.1. The fourth-order valence-corrected chi connectivity index (χ4v) is 3.29. The quantitative estimate of drug-likeness (QED) is 0.842. The predicted molar refractivity (Wildman–Crippen MR) is 73.3 cm³/mol. The van der Waals surface area contributed by atoms with Crippen LogP contribution in [0.25, 0.3) is 0 Å². The zero-order valence-corrected chi connectivity index (χ0v) is 11.5. The molecule has 0 saturated carbocycles. The first kappa shape index (κ1) is 13.7. The minimum atomic E-state index is -3.17. The van der Waals surface area contributed by atoms with Crippen molar-refractivity contribution in [3.8, 4) is 0 Å². The van der Waals surface area contributed by atoms with Gasteiger partial charge in [-0.25, -0.2) is 8.42 Å². The number of hydrogen-bond acceptors (Lipinski definition) is 4. The number of amides is 1. The number of nitrogens with zero attached hydrogens (tertiary/aromatic N) is 1. The third-order valence-corrected chi connectivity index (χ3v) is 4.26. The third kappa shape index (κ3) is 3.17. The fourth-order valence-electron chi connectivity index (χ4n) is 2.06. The first-order valence-electron chi connectivity index (χ1n) is 6.09. The Morgan fingerprint density at radius 2 is 2.32 bits per heavy atom. The minimum absolute atomic E-state index is 0.0806. The van der Waals surface area contributed by atoms with E-state index in [1.807, 2.05) is 6.92 Å². The fraction of sp³-hybridized carbons (Fsp3) is 0.417. The number of anilines is 1. The molecule has 1 amide bonds. The highest BCUT2D eigenvalue weighted by molar-refractivity contribution is 7.94. The molecule has 2 heterocycles. The molecule has 1 aliphatic heterocycles. The Balaban J connectivity index is 2.10. The topological polar surface area (TPSA) is 94.2 Å². The molecule has 1 aliphatic rings. The van der Waals surface area contributed by atoms with Gasteiger partial charge in [-0.15, -0.1) is 0 Å². The van der Waals surface area contributed by atoms with Gasteiger partial charge >= 0.3 is 0 Å². The molecule has 19 heavy (non-hydrogen) atoms. The van der Waals surface area contributed by atoms with Crippen LogP contribution in [0.15, 0.2) is 23.7 Å². The van der Waals surface area contributed by atoms with Gasteiger partial charge in [0.15, 0.2) is 9.84 Å². The maximum Gasteiger partial charge on any atom is 0.268 e. The van der Waals surface area contributed by atoms with Gasteiger partial charge in [0, 0.05) is 18.1 Å². The molecular formula is C12H17N3O3S. The van der Waals surface area contributed by atoms with Crippen molar-refractivity contribution in [2.24, 2.45) is 0 Å². The number of carbonyl (C=O) groups excluding carboxylic acids is 1. The molecule has 0 fully saturated rings. The number of aryl methyl sites for hydroxylation is 1. The standard InChI is InChI=1S/C12H17N3O3S/c1-2-4-15-7-9(13)6-11(15)12(16)14-10-3-5-19(17,18)8-10/h3,5-7,10H,2,4,8,13H2,1H3,(H,14,16). The van der Waals surface area contributed by atoms with E-state index in [0.29, 0.717) is 17.9 Å². The Hall–Kier alpha value is -1.76. The molecule has 1 aromatic rings. The highest BCUT2D eigenvalue weighted by Gasteiger charge is 2.24. The Morgan fingerprint density at radius 1 is 1.58 bits per heavy atom. The van der Waals surface area contributed by atoms with Gasteiger partial charge in [0.25, 0.3) is 5.91 Å². The average molecular weight is 283 g/mol. The van der Waals surface area contributed by atoms with E-state index < -0.39 is 15.9 Å². The molecule has 0 spiro atoms. The lowest BCUT2D eigenvalue weighted by molar-refractivity contribution is 0.0938. The van der Waals surface area contributed by atoms with Gasteiger partial charge in [0.2, 0.25) is 0 Å². The highest BCUT2D eigenvalue weighted by atomic mass is 32.2. The molecule has 0 aliphatic carbocycles. The minimum Gasteiger partial charge on any atom is -0.397 e. The van der Waals surface area contributed by atoms with Crippen LogP contribution >= 0.6 is 0 Å². The second kappa shape index (κ2) is 5.08. The zero-order chi connectivity index (χ0) is 14.0. The molecule has 0 saturated heterocycles. The summed E-state index contributed by atoms with van der Waals surface area (Å²) in [5.74, 6) is -0.389. The summed E-state index contributed by atoms with van der Waals surface area (Å²) in [5, 5.41) is 3.82. The maximum atomic E-state index is 12.1. The second-order valence-electron chi connectivity index (χ2n) is 4.59. The number of rotatable bonds is 4. The van der Waals surface area contributed by atoms with Crippen LogP contribution in [-0.2, 0) is 16.4 Å². The second-order valence-corrected chi connectivity index (χ2v) is 6.52. The smallest absolute Gasteiger partial charge is 0.268 e. The molecule has 2 rings (SSSR count). The molecule has 1 atom stereocenters. The van der Waals surface area contributed by atoms with Gasteiger partial charge in [-0.2, -0.15) is 0 Å². The SMILES string of the molecule is CCCn1cc(N)cc1C(=O)NC1C=CS(=O)(=O)C1. The van der Waals surface area contributed by atoms with Gasteiger partial charge in [0.05, 0.1) is 17.5 Å². The first-order chi connectivity index (χ1) is 8.91. The summed E-state index contributed by atoms with van der Waals surface area (Å²) in [6, 6.07) is 1.13. The van der Waals surface area contributed by atoms with E-state index in [1.54, 1.807) is 16.8 Å². The molecule has 104 valence electrons. The molecule has 1 unspecified atom stereocenters. The van der Waals surface area contributed by atoms with E-state index in [-0.39, 0.29) is 11.7 Å². The van der Waals surface area contributed by atoms with Gasteiger partial charge < -0.3 is 15.6 Å². The Bertz CT molecular complexity index is 616. The van der Waals surface area contributed by atoms with Crippen LogP contribution < -0.4 is 11.1 Å². The molecule has 1 aromatic heterocycles. The van der Waals surface area contributed by atoms with Crippen LogP contribution in [-0.4, -0.2) is 30.7 Å². The number of nitrogens with one attached hydrogen (secondary N) is 1. The van der Waals surface area contributed by atoms with Gasteiger partial charge in [-0.05, 0) is 18.6 Å². The Morgan fingerprint density at radius 3 is 2.89 bits per heavy atom. The number of nitrogen functional groups attached to an aromatic ring is 1. The van der Waals surface area contributed by atoms with Crippen molar-refractivity contribution in [3.05, 3.63) is 29.4 Å². The third-order valence-electron chi connectivity index (χ3n) is 2.86. The van der Waals surface area contributed by atoms with E-state index in [2.05, 4.69) is 5.32 Å².